The molecule has 0 aliphatic carbocycles. The molecule has 1 aromatic heterocycles. The lowest BCUT2D eigenvalue weighted by Gasteiger charge is -2.24. The molecule has 5 heteroatoms. The molecular formula is C10H13BrClFN2. The molecule has 0 spiro atoms. The van der Waals surface area contributed by atoms with Crippen molar-refractivity contribution in [3.8, 4) is 0 Å². The summed E-state index contributed by atoms with van der Waals surface area (Å²) < 4.78 is 14.1. The summed E-state index contributed by atoms with van der Waals surface area (Å²) in [5.74, 6) is -0.215. The monoisotopic (exact) mass is 294 g/mol. The van der Waals surface area contributed by atoms with E-state index >= 15 is 0 Å². The van der Waals surface area contributed by atoms with Crippen LogP contribution in [-0.4, -0.2) is 11.5 Å². The van der Waals surface area contributed by atoms with Crippen LogP contribution >= 0.6 is 28.3 Å². The lowest BCUT2D eigenvalue weighted by Crippen LogP contribution is -2.27. The van der Waals surface area contributed by atoms with Crippen LogP contribution in [0.2, 0.25) is 0 Å². The van der Waals surface area contributed by atoms with E-state index in [1.54, 1.807) is 6.07 Å². The van der Waals surface area contributed by atoms with Crippen molar-refractivity contribution in [2.45, 2.75) is 25.3 Å². The molecule has 15 heavy (non-hydrogen) atoms. The molecular weight excluding hydrogens is 282 g/mol. The van der Waals surface area contributed by atoms with Crippen LogP contribution in [0.4, 0.5) is 4.39 Å². The summed E-state index contributed by atoms with van der Waals surface area (Å²) in [5.41, 5.74) is 0.728. The van der Waals surface area contributed by atoms with Gasteiger partial charge in [-0.25, -0.2) is 9.37 Å². The van der Waals surface area contributed by atoms with Gasteiger partial charge in [0.25, 0.3) is 0 Å². The minimum atomic E-state index is -0.215. The summed E-state index contributed by atoms with van der Waals surface area (Å²) in [6.07, 6.45) is 4.63. The molecule has 84 valence electrons. The highest BCUT2D eigenvalue weighted by molar-refractivity contribution is 9.10. The van der Waals surface area contributed by atoms with Gasteiger partial charge in [0.15, 0.2) is 0 Å². The number of piperidine rings is 1. The molecule has 0 amide bonds. The minimum Gasteiger partial charge on any atom is -0.310 e. The van der Waals surface area contributed by atoms with Gasteiger partial charge >= 0.3 is 0 Å². The molecule has 1 aromatic rings. The number of nitrogens with zero attached hydrogens (tertiary/aromatic N) is 1. The molecule has 1 aliphatic rings. The molecule has 2 nitrogen and oxygen atoms in total. The second kappa shape index (κ2) is 5.77. The van der Waals surface area contributed by atoms with Gasteiger partial charge in [0, 0.05) is 11.6 Å². The molecule has 1 N–H and O–H groups in total. The molecule has 1 fully saturated rings. The molecule has 0 radical (unpaired) electrons. The number of hydrogen-bond donors (Lipinski definition) is 1. The number of aromatic nitrogens is 1. The fourth-order valence-corrected chi connectivity index (χ4v) is 2.16. The van der Waals surface area contributed by atoms with E-state index in [1.807, 2.05) is 0 Å². The average molecular weight is 296 g/mol. The van der Waals surface area contributed by atoms with Crippen LogP contribution in [0.15, 0.2) is 16.9 Å². The van der Waals surface area contributed by atoms with Gasteiger partial charge in [-0.15, -0.1) is 12.4 Å². The maximum absolute atomic E-state index is 13.4. The predicted octanol–water partition coefficient (Wildman–Crippen LogP) is 3.22. The molecule has 1 atom stereocenters. The van der Waals surface area contributed by atoms with Crippen molar-refractivity contribution in [1.82, 2.24) is 10.3 Å². The number of pyridine rings is 1. The zero-order chi connectivity index (χ0) is 9.97. The van der Waals surface area contributed by atoms with Crippen LogP contribution in [0, 0.1) is 5.82 Å². The van der Waals surface area contributed by atoms with E-state index in [2.05, 4.69) is 26.2 Å². The molecule has 1 aliphatic heterocycles. The van der Waals surface area contributed by atoms with Gasteiger partial charge in [-0.05, 0) is 41.4 Å². The van der Waals surface area contributed by atoms with Crippen LogP contribution in [0.5, 0.6) is 0 Å². The Hall–Kier alpha value is -0.190. The summed E-state index contributed by atoms with van der Waals surface area (Å²) in [6.45, 7) is 0.976. The van der Waals surface area contributed by atoms with E-state index in [-0.39, 0.29) is 24.3 Å². The topological polar surface area (TPSA) is 24.9 Å². The number of nitrogens with one attached hydrogen (secondary N) is 1. The van der Waals surface area contributed by atoms with Gasteiger partial charge in [-0.1, -0.05) is 6.42 Å². The molecule has 2 heterocycles. The van der Waals surface area contributed by atoms with Crippen molar-refractivity contribution in [2.75, 3.05) is 6.54 Å². The summed E-state index contributed by atoms with van der Waals surface area (Å²) in [4.78, 5) is 3.85. The normalized spacial score (nSPS) is 20.8. The first-order valence-electron chi connectivity index (χ1n) is 4.81. The molecule has 0 aromatic carbocycles. The number of rotatable bonds is 1. The van der Waals surface area contributed by atoms with E-state index < -0.39 is 0 Å². The zero-order valence-corrected chi connectivity index (χ0v) is 10.6. The lowest BCUT2D eigenvalue weighted by molar-refractivity contribution is 0.399. The van der Waals surface area contributed by atoms with Crippen molar-refractivity contribution < 1.29 is 4.39 Å². The van der Waals surface area contributed by atoms with Crippen LogP contribution < -0.4 is 5.32 Å². The first-order valence-corrected chi connectivity index (χ1v) is 5.61. The summed E-state index contributed by atoms with van der Waals surface area (Å²) in [5, 5.41) is 3.31. The highest BCUT2D eigenvalue weighted by Gasteiger charge is 2.18. The van der Waals surface area contributed by atoms with Crippen molar-refractivity contribution in [2.24, 2.45) is 0 Å². The molecule has 1 unspecified atom stereocenters. The van der Waals surface area contributed by atoms with Crippen LogP contribution in [0.1, 0.15) is 30.9 Å². The first-order chi connectivity index (χ1) is 6.77. The summed E-state index contributed by atoms with van der Waals surface area (Å²) >= 11 is 3.26. The van der Waals surface area contributed by atoms with E-state index in [0.717, 1.165) is 24.9 Å². The fourth-order valence-electron chi connectivity index (χ4n) is 1.81. The van der Waals surface area contributed by atoms with Crippen molar-refractivity contribution in [3.63, 3.8) is 0 Å². The largest absolute Gasteiger partial charge is 0.310 e. The Morgan fingerprint density at radius 2 is 2.27 bits per heavy atom. The highest BCUT2D eigenvalue weighted by atomic mass is 79.9. The van der Waals surface area contributed by atoms with Crippen LogP contribution in [0.3, 0.4) is 0 Å². The van der Waals surface area contributed by atoms with Crippen LogP contribution in [-0.2, 0) is 0 Å². The quantitative estimate of drug-likeness (QED) is 0.805. The third-order valence-electron chi connectivity index (χ3n) is 2.54. The second-order valence-electron chi connectivity index (χ2n) is 3.53. The Bertz CT molecular complexity index is 329. The lowest BCUT2D eigenvalue weighted by atomic mass is 9.98. The Balaban J connectivity index is 0.00000112. The van der Waals surface area contributed by atoms with Crippen LogP contribution in [0.25, 0.3) is 0 Å². The Kier molecular flexibility index (Phi) is 4.96. The fraction of sp³-hybridized carbons (Fsp3) is 0.500. The van der Waals surface area contributed by atoms with Crippen molar-refractivity contribution in [1.29, 1.82) is 0 Å². The van der Waals surface area contributed by atoms with Gasteiger partial charge in [0.1, 0.15) is 10.4 Å². The Morgan fingerprint density at radius 1 is 1.47 bits per heavy atom. The van der Waals surface area contributed by atoms with Gasteiger partial charge in [-0.2, -0.15) is 0 Å². The summed E-state index contributed by atoms with van der Waals surface area (Å²) in [7, 11) is 0. The molecule has 0 saturated carbocycles. The molecule has 1 saturated heterocycles. The third-order valence-corrected chi connectivity index (χ3v) is 2.97. The second-order valence-corrected chi connectivity index (χ2v) is 4.34. The van der Waals surface area contributed by atoms with Crippen molar-refractivity contribution >= 4 is 28.3 Å². The van der Waals surface area contributed by atoms with E-state index in [0.29, 0.717) is 4.60 Å². The molecule has 0 bridgehead atoms. The number of hydrogen-bond acceptors (Lipinski definition) is 2. The standard InChI is InChI=1S/C10H12BrFN2.ClH/c11-10-5-7(8(12)6-14-10)9-3-1-2-4-13-9;/h5-6,9,13H,1-4H2;1H. The maximum Gasteiger partial charge on any atom is 0.146 e. The molecule has 2 rings (SSSR count). The average Bonchev–Trinajstić information content (AvgIpc) is 2.23. The van der Waals surface area contributed by atoms with Gasteiger partial charge in [0.2, 0.25) is 0 Å². The minimum absolute atomic E-state index is 0. The zero-order valence-electron chi connectivity index (χ0n) is 8.17. The van der Waals surface area contributed by atoms with E-state index in [9.17, 15) is 4.39 Å². The number of halogens is 3. The van der Waals surface area contributed by atoms with Gasteiger partial charge in [-0.3, -0.25) is 0 Å². The maximum atomic E-state index is 13.4. The van der Waals surface area contributed by atoms with Crippen molar-refractivity contribution in [3.05, 3.63) is 28.2 Å². The van der Waals surface area contributed by atoms with E-state index in [4.69, 9.17) is 0 Å². The predicted molar refractivity (Wildman–Crippen MR) is 63.7 cm³/mol. The third kappa shape index (κ3) is 3.13. The van der Waals surface area contributed by atoms with Gasteiger partial charge < -0.3 is 5.32 Å². The Morgan fingerprint density at radius 3 is 2.93 bits per heavy atom. The van der Waals surface area contributed by atoms with E-state index in [1.165, 1.54) is 12.6 Å². The highest BCUT2D eigenvalue weighted by Crippen LogP contribution is 2.26. The Labute approximate surface area is 103 Å². The van der Waals surface area contributed by atoms with Gasteiger partial charge in [0.05, 0.1) is 6.20 Å². The summed E-state index contributed by atoms with van der Waals surface area (Å²) in [6, 6.07) is 1.92. The first kappa shape index (κ1) is 12.9. The smallest absolute Gasteiger partial charge is 0.146 e. The SMILES string of the molecule is Cl.Fc1cnc(Br)cc1C1CCCCN1.